The van der Waals surface area contributed by atoms with Crippen molar-refractivity contribution in [3.8, 4) is 0 Å². The number of hydrogen-bond donors (Lipinski definition) is 0. The largest absolute Gasteiger partial charge is 1.00 e. The summed E-state index contributed by atoms with van der Waals surface area (Å²) in [5.41, 5.74) is 3.21. The smallest absolute Gasteiger partial charge is 0.331 e. The molecule has 0 aliphatic carbocycles. The molecular formula is C31H30BrO2P. The van der Waals surface area contributed by atoms with Crippen LogP contribution >= 0.6 is 7.26 Å². The van der Waals surface area contributed by atoms with Crippen molar-refractivity contribution in [2.24, 2.45) is 0 Å². The molecule has 0 unspecified atom stereocenters. The van der Waals surface area contributed by atoms with Gasteiger partial charge in [-0.15, -0.1) is 0 Å². The van der Waals surface area contributed by atoms with Gasteiger partial charge in [-0.1, -0.05) is 78.9 Å². The van der Waals surface area contributed by atoms with E-state index in [1.165, 1.54) is 21.5 Å². The Balaban J connectivity index is 0.00000342. The molecule has 0 radical (unpaired) electrons. The van der Waals surface area contributed by atoms with Gasteiger partial charge in [-0.3, -0.25) is 0 Å². The Kier molecular flexibility index (Phi) is 9.60. The number of ether oxygens (including phenoxy) is 1. The summed E-state index contributed by atoms with van der Waals surface area (Å²) >= 11 is 0. The summed E-state index contributed by atoms with van der Waals surface area (Å²) in [5, 5.41) is 4.11. The van der Waals surface area contributed by atoms with Crippen LogP contribution < -0.4 is 32.9 Å². The lowest BCUT2D eigenvalue weighted by Gasteiger charge is -2.28. The molecule has 0 N–H and O–H groups in total. The summed E-state index contributed by atoms with van der Waals surface area (Å²) in [6, 6.07) is 41.3. The molecule has 0 saturated heterocycles. The van der Waals surface area contributed by atoms with Gasteiger partial charge in [0.25, 0.3) is 0 Å². The van der Waals surface area contributed by atoms with Gasteiger partial charge < -0.3 is 21.7 Å². The maximum absolute atomic E-state index is 11.9. The third kappa shape index (κ3) is 6.17. The molecule has 0 aromatic heterocycles. The van der Waals surface area contributed by atoms with Crippen LogP contribution in [-0.4, -0.2) is 12.6 Å². The standard InChI is InChI=1S/C31H30O2P.BrH/c1-3-33-31(32)23-25(2)27-21-19-26(20-22-27)24-34(28-13-7-4-8-14-28,29-15-9-5-10-16-29)30-17-11-6-12-18-30;/h4-23H,3,24H2,1-2H3;1H/q+1;/p-1/b25-23+;. The SMILES string of the molecule is CCOC(=O)/C=C(\C)c1ccc(C[P+](c2ccccc2)(c2ccccc2)c2ccccc2)cc1.[Br-]. The van der Waals surface area contributed by atoms with Crippen molar-refractivity contribution < 1.29 is 26.5 Å². The molecular weight excluding hydrogens is 515 g/mol. The molecule has 0 aliphatic rings. The predicted molar refractivity (Wildman–Crippen MR) is 146 cm³/mol. The van der Waals surface area contributed by atoms with Crippen molar-refractivity contribution in [3.63, 3.8) is 0 Å². The van der Waals surface area contributed by atoms with Gasteiger partial charge in [-0.05, 0) is 66.9 Å². The van der Waals surface area contributed by atoms with Gasteiger partial charge in [-0.2, -0.15) is 0 Å². The van der Waals surface area contributed by atoms with E-state index in [0.29, 0.717) is 6.61 Å². The molecule has 0 bridgehead atoms. The lowest BCUT2D eigenvalue weighted by Crippen LogP contribution is -3.00. The molecule has 178 valence electrons. The van der Waals surface area contributed by atoms with Crippen LogP contribution in [0.4, 0.5) is 0 Å². The Morgan fingerprint density at radius 1 is 0.714 bits per heavy atom. The minimum atomic E-state index is -1.93. The number of rotatable bonds is 8. The van der Waals surface area contributed by atoms with Crippen LogP contribution in [0, 0.1) is 0 Å². The molecule has 4 rings (SSSR count). The number of allylic oxidation sites excluding steroid dienone is 1. The summed E-state index contributed by atoms with van der Waals surface area (Å²) in [5.74, 6) is -0.300. The van der Waals surface area contributed by atoms with Gasteiger partial charge >= 0.3 is 5.97 Å². The van der Waals surface area contributed by atoms with Crippen molar-refractivity contribution in [3.05, 3.63) is 132 Å². The summed E-state index contributed by atoms with van der Waals surface area (Å²) in [4.78, 5) is 11.9. The van der Waals surface area contributed by atoms with E-state index in [4.69, 9.17) is 4.74 Å². The second-order valence-corrected chi connectivity index (χ2v) is 11.7. The molecule has 2 nitrogen and oxygen atoms in total. The molecule has 0 spiro atoms. The second kappa shape index (κ2) is 12.6. The summed E-state index contributed by atoms with van der Waals surface area (Å²) in [6.45, 7) is 4.14. The van der Waals surface area contributed by atoms with E-state index in [0.717, 1.165) is 17.3 Å². The quantitative estimate of drug-likeness (QED) is 0.193. The van der Waals surface area contributed by atoms with Gasteiger partial charge in [0.15, 0.2) is 0 Å². The van der Waals surface area contributed by atoms with E-state index >= 15 is 0 Å². The monoisotopic (exact) mass is 544 g/mol. The van der Waals surface area contributed by atoms with Gasteiger partial charge in [0.1, 0.15) is 23.2 Å². The fraction of sp³-hybridized carbons (Fsp3) is 0.129. The van der Waals surface area contributed by atoms with Crippen LogP contribution in [0.5, 0.6) is 0 Å². The maximum atomic E-state index is 11.9. The topological polar surface area (TPSA) is 26.3 Å². The molecule has 0 saturated carbocycles. The van der Waals surface area contributed by atoms with E-state index in [-0.39, 0.29) is 23.0 Å². The average molecular weight is 545 g/mol. The lowest BCUT2D eigenvalue weighted by atomic mass is 10.1. The van der Waals surface area contributed by atoms with Crippen LogP contribution in [-0.2, 0) is 15.7 Å². The Labute approximate surface area is 219 Å². The molecule has 0 fully saturated rings. The minimum absolute atomic E-state index is 0. The number of carbonyl (C=O) groups is 1. The van der Waals surface area contributed by atoms with Crippen LogP contribution in [0.3, 0.4) is 0 Å². The highest BCUT2D eigenvalue weighted by Crippen LogP contribution is 2.58. The zero-order valence-corrected chi connectivity index (χ0v) is 22.6. The first kappa shape index (κ1) is 26.6. The maximum Gasteiger partial charge on any atom is 0.331 e. The van der Waals surface area contributed by atoms with Crippen molar-refractivity contribution >= 4 is 34.7 Å². The summed E-state index contributed by atoms with van der Waals surface area (Å²) < 4.78 is 5.06. The number of carbonyl (C=O) groups excluding carboxylic acids is 1. The molecule has 0 heterocycles. The van der Waals surface area contributed by atoms with Crippen LogP contribution in [0.1, 0.15) is 25.0 Å². The highest BCUT2D eigenvalue weighted by Gasteiger charge is 2.45. The van der Waals surface area contributed by atoms with Gasteiger partial charge in [0.2, 0.25) is 0 Å². The summed E-state index contributed by atoms with van der Waals surface area (Å²) in [6.07, 6.45) is 2.49. The highest BCUT2D eigenvalue weighted by molar-refractivity contribution is 7.95. The minimum Gasteiger partial charge on any atom is -1.00 e. The average Bonchev–Trinajstić information content (AvgIpc) is 2.89. The Morgan fingerprint density at radius 3 is 1.54 bits per heavy atom. The number of benzene rings is 4. The van der Waals surface area contributed by atoms with E-state index in [1.54, 1.807) is 6.08 Å². The van der Waals surface area contributed by atoms with Crippen molar-refractivity contribution in [2.45, 2.75) is 20.0 Å². The summed E-state index contributed by atoms with van der Waals surface area (Å²) in [7, 11) is -1.93. The van der Waals surface area contributed by atoms with Crippen LogP contribution in [0.15, 0.2) is 121 Å². The third-order valence-electron chi connectivity index (χ3n) is 6.04. The zero-order chi connectivity index (χ0) is 23.8. The third-order valence-corrected chi connectivity index (χ3v) is 10.4. The number of esters is 1. The lowest BCUT2D eigenvalue weighted by molar-refractivity contribution is -0.137. The number of halogens is 1. The first-order valence-corrected chi connectivity index (χ1v) is 13.6. The first-order chi connectivity index (χ1) is 16.6. The van der Waals surface area contributed by atoms with E-state index in [1.807, 2.05) is 13.8 Å². The van der Waals surface area contributed by atoms with E-state index in [2.05, 4.69) is 115 Å². The first-order valence-electron chi connectivity index (χ1n) is 11.6. The van der Waals surface area contributed by atoms with Crippen LogP contribution in [0.25, 0.3) is 5.57 Å². The molecule has 0 aliphatic heterocycles. The predicted octanol–water partition coefficient (Wildman–Crippen LogP) is 3.15. The molecule has 4 aromatic carbocycles. The normalized spacial score (nSPS) is 11.4. The zero-order valence-electron chi connectivity index (χ0n) is 20.1. The Bertz CT molecular complexity index is 1140. The molecule has 35 heavy (non-hydrogen) atoms. The molecule has 0 amide bonds. The van der Waals surface area contributed by atoms with Gasteiger partial charge in [-0.25, -0.2) is 4.79 Å². The molecule has 4 heteroatoms. The fourth-order valence-electron chi connectivity index (χ4n) is 4.36. The van der Waals surface area contributed by atoms with Crippen molar-refractivity contribution in [1.82, 2.24) is 0 Å². The Hall–Kier alpha value is -3.00. The van der Waals surface area contributed by atoms with Crippen LogP contribution in [0.2, 0.25) is 0 Å². The van der Waals surface area contributed by atoms with Crippen molar-refractivity contribution in [2.75, 3.05) is 6.61 Å². The van der Waals surface area contributed by atoms with Gasteiger partial charge in [0, 0.05) is 6.08 Å². The highest BCUT2D eigenvalue weighted by atomic mass is 79.9. The van der Waals surface area contributed by atoms with E-state index < -0.39 is 7.26 Å². The van der Waals surface area contributed by atoms with Gasteiger partial charge in [0.05, 0.1) is 12.8 Å². The fourth-order valence-corrected chi connectivity index (χ4v) is 8.60. The number of hydrogen-bond acceptors (Lipinski definition) is 2. The van der Waals surface area contributed by atoms with Crippen molar-refractivity contribution in [1.29, 1.82) is 0 Å². The molecule has 4 aromatic rings. The molecule has 0 atom stereocenters. The van der Waals surface area contributed by atoms with E-state index in [9.17, 15) is 4.79 Å². The second-order valence-electron chi connectivity index (χ2n) is 8.25. The Morgan fingerprint density at radius 2 is 1.14 bits per heavy atom.